The van der Waals surface area contributed by atoms with Gasteiger partial charge in [-0.3, -0.25) is 0 Å². The smallest absolute Gasteiger partial charge is 0.00929 e. The van der Waals surface area contributed by atoms with Crippen LogP contribution in [-0.2, 0) is 0 Å². The molecule has 1 heteroatoms. The summed E-state index contributed by atoms with van der Waals surface area (Å²) in [6.45, 7) is 8.44. The van der Waals surface area contributed by atoms with E-state index in [1.54, 1.807) is 0 Å². The maximum Gasteiger partial charge on any atom is 0.00929 e. The van der Waals surface area contributed by atoms with Gasteiger partial charge in [-0.1, -0.05) is 27.2 Å². The maximum atomic E-state index is 3.82. The van der Waals surface area contributed by atoms with Gasteiger partial charge in [-0.05, 0) is 42.9 Å². The van der Waals surface area contributed by atoms with Crippen LogP contribution in [0.15, 0.2) is 0 Å². The van der Waals surface area contributed by atoms with E-state index in [2.05, 4.69) is 26.1 Å². The molecule has 2 aliphatic rings. The largest absolute Gasteiger partial charge is 0.313 e. The van der Waals surface area contributed by atoms with Crippen molar-refractivity contribution in [3.05, 3.63) is 0 Å². The minimum absolute atomic E-state index is 0.683. The number of rotatable bonds is 4. The van der Waals surface area contributed by atoms with Gasteiger partial charge in [-0.25, -0.2) is 0 Å². The topological polar surface area (TPSA) is 12.0 Å². The molecule has 82 valence electrons. The maximum absolute atomic E-state index is 3.82. The Kier molecular flexibility index (Phi) is 2.88. The van der Waals surface area contributed by atoms with Crippen molar-refractivity contribution in [2.75, 3.05) is 6.54 Å². The second-order valence-corrected chi connectivity index (χ2v) is 5.91. The first-order chi connectivity index (χ1) is 6.64. The molecule has 0 spiro atoms. The van der Waals surface area contributed by atoms with Gasteiger partial charge in [0.2, 0.25) is 0 Å². The van der Waals surface area contributed by atoms with Crippen LogP contribution in [0.25, 0.3) is 0 Å². The highest BCUT2D eigenvalue weighted by molar-refractivity contribution is 4.98. The number of hydrogen-bond acceptors (Lipinski definition) is 1. The molecule has 2 atom stereocenters. The standard InChI is InChI=1S/C13H25N/c1-10(2)13(7-8-13)9-14-12-6-4-5-11(12)3/h10-12,14H,4-9H2,1-3H3. The van der Waals surface area contributed by atoms with Crippen LogP contribution in [0, 0.1) is 17.3 Å². The molecule has 0 aromatic heterocycles. The molecule has 0 aromatic rings. The van der Waals surface area contributed by atoms with E-state index in [1.165, 1.54) is 38.6 Å². The highest BCUT2D eigenvalue weighted by Crippen LogP contribution is 2.51. The molecule has 2 unspecified atom stereocenters. The Morgan fingerprint density at radius 3 is 2.43 bits per heavy atom. The summed E-state index contributed by atoms with van der Waals surface area (Å²) in [6, 6.07) is 0.825. The van der Waals surface area contributed by atoms with Crippen LogP contribution < -0.4 is 5.32 Å². The van der Waals surface area contributed by atoms with Crippen molar-refractivity contribution in [2.24, 2.45) is 17.3 Å². The van der Waals surface area contributed by atoms with Crippen molar-refractivity contribution in [3.63, 3.8) is 0 Å². The van der Waals surface area contributed by atoms with Crippen LogP contribution in [0.1, 0.15) is 52.9 Å². The molecular formula is C13H25N. The molecule has 1 nitrogen and oxygen atoms in total. The summed E-state index contributed by atoms with van der Waals surface area (Å²) in [5.74, 6) is 1.78. The van der Waals surface area contributed by atoms with Gasteiger partial charge >= 0.3 is 0 Å². The minimum Gasteiger partial charge on any atom is -0.313 e. The van der Waals surface area contributed by atoms with Gasteiger partial charge in [-0.15, -0.1) is 0 Å². The van der Waals surface area contributed by atoms with Gasteiger partial charge in [0.15, 0.2) is 0 Å². The zero-order chi connectivity index (χ0) is 10.2. The van der Waals surface area contributed by atoms with Gasteiger partial charge in [0.05, 0.1) is 0 Å². The van der Waals surface area contributed by atoms with Crippen molar-refractivity contribution in [3.8, 4) is 0 Å². The van der Waals surface area contributed by atoms with Gasteiger partial charge in [0.1, 0.15) is 0 Å². The summed E-state index contributed by atoms with van der Waals surface area (Å²) in [5.41, 5.74) is 0.683. The summed E-state index contributed by atoms with van der Waals surface area (Å²) in [7, 11) is 0. The molecule has 0 amide bonds. The Hall–Kier alpha value is -0.0400. The van der Waals surface area contributed by atoms with Crippen molar-refractivity contribution in [2.45, 2.75) is 58.9 Å². The predicted octanol–water partition coefficient (Wildman–Crippen LogP) is 3.20. The molecule has 1 N–H and O–H groups in total. The van der Waals surface area contributed by atoms with Crippen molar-refractivity contribution in [1.29, 1.82) is 0 Å². The second-order valence-electron chi connectivity index (χ2n) is 5.91. The predicted molar refractivity (Wildman–Crippen MR) is 61.3 cm³/mol. The Labute approximate surface area is 88.7 Å². The Morgan fingerprint density at radius 1 is 1.29 bits per heavy atom. The molecule has 2 saturated carbocycles. The molecule has 14 heavy (non-hydrogen) atoms. The summed E-state index contributed by atoms with van der Waals surface area (Å²) < 4.78 is 0. The normalized spacial score (nSPS) is 35.1. The summed E-state index contributed by atoms with van der Waals surface area (Å²) in [5, 5.41) is 3.82. The van der Waals surface area contributed by atoms with E-state index in [0.29, 0.717) is 5.41 Å². The third-order valence-corrected chi connectivity index (χ3v) is 4.69. The lowest BCUT2D eigenvalue weighted by Crippen LogP contribution is -2.37. The van der Waals surface area contributed by atoms with Crippen LogP contribution in [0.2, 0.25) is 0 Å². The highest BCUT2D eigenvalue weighted by Gasteiger charge is 2.45. The van der Waals surface area contributed by atoms with E-state index in [9.17, 15) is 0 Å². The van der Waals surface area contributed by atoms with Gasteiger partial charge in [0.25, 0.3) is 0 Å². The van der Waals surface area contributed by atoms with E-state index in [-0.39, 0.29) is 0 Å². The molecule has 0 aliphatic heterocycles. The van der Waals surface area contributed by atoms with Crippen LogP contribution in [0.3, 0.4) is 0 Å². The number of nitrogens with one attached hydrogen (secondary N) is 1. The second kappa shape index (κ2) is 3.84. The third-order valence-electron chi connectivity index (χ3n) is 4.69. The fraction of sp³-hybridized carbons (Fsp3) is 1.00. The molecule has 0 radical (unpaired) electrons. The van der Waals surface area contributed by atoms with E-state index < -0.39 is 0 Å². The molecule has 0 saturated heterocycles. The van der Waals surface area contributed by atoms with Crippen LogP contribution in [0.4, 0.5) is 0 Å². The summed E-state index contributed by atoms with van der Waals surface area (Å²) in [4.78, 5) is 0. The average Bonchev–Trinajstić information content (AvgIpc) is 2.83. The molecule has 0 aromatic carbocycles. The van der Waals surface area contributed by atoms with E-state index >= 15 is 0 Å². The fourth-order valence-corrected chi connectivity index (χ4v) is 2.90. The quantitative estimate of drug-likeness (QED) is 0.726. The van der Waals surface area contributed by atoms with Crippen LogP contribution in [-0.4, -0.2) is 12.6 Å². The van der Waals surface area contributed by atoms with E-state index in [1.807, 2.05) is 0 Å². The van der Waals surface area contributed by atoms with Gasteiger partial charge in [-0.2, -0.15) is 0 Å². The van der Waals surface area contributed by atoms with Gasteiger partial charge in [0, 0.05) is 12.6 Å². The Balaban J connectivity index is 1.77. The van der Waals surface area contributed by atoms with Crippen molar-refractivity contribution in [1.82, 2.24) is 5.32 Å². The van der Waals surface area contributed by atoms with Crippen molar-refractivity contribution >= 4 is 0 Å². The van der Waals surface area contributed by atoms with Crippen LogP contribution in [0.5, 0.6) is 0 Å². The Morgan fingerprint density at radius 2 is 2.00 bits per heavy atom. The lowest BCUT2D eigenvalue weighted by molar-refractivity contribution is 0.303. The highest BCUT2D eigenvalue weighted by atomic mass is 14.9. The summed E-state index contributed by atoms with van der Waals surface area (Å²) in [6.07, 6.45) is 7.20. The number of hydrogen-bond donors (Lipinski definition) is 1. The zero-order valence-electron chi connectivity index (χ0n) is 9.97. The van der Waals surface area contributed by atoms with Crippen molar-refractivity contribution < 1.29 is 0 Å². The molecule has 2 aliphatic carbocycles. The fourth-order valence-electron chi connectivity index (χ4n) is 2.90. The third kappa shape index (κ3) is 1.98. The molecule has 2 rings (SSSR count). The SMILES string of the molecule is CC1CCCC1NCC1(C(C)C)CC1. The molecule has 0 heterocycles. The first-order valence-corrected chi connectivity index (χ1v) is 6.37. The first kappa shape index (κ1) is 10.5. The van der Waals surface area contributed by atoms with Gasteiger partial charge < -0.3 is 5.32 Å². The molecule has 0 bridgehead atoms. The summed E-state index contributed by atoms with van der Waals surface area (Å²) >= 11 is 0. The molecule has 2 fully saturated rings. The monoisotopic (exact) mass is 195 g/mol. The zero-order valence-corrected chi connectivity index (χ0v) is 9.97. The minimum atomic E-state index is 0.683. The first-order valence-electron chi connectivity index (χ1n) is 6.37. The lowest BCUT2D eigenvalue weighted by atomic mass is 9.91. The lowest BCUT2D eigenvalue weighted by Gasteiger charge is -2.24. The van der Waals surface area contributed by atoms with Crippen LogP contribution >= 0.6 is 0 Å². The molecular weight excluding hydrogens is 170 g/mol. The van der Waals surface area contributed by atoms with E-state index in [0.717, 1.165) is 17.9 Å². The average molecular weight is 195 g/mol. The Bertz CT molecular complexity index is 193. The van der Waals surface area contributed by atoms with E-state index in [4.69, 9.17) is 0 Å².